The summed E-state index contributed by atoms with van der Waals surface area (Å²) in [5, 5.41) is 8.60. The number of halogens is 1. The highest BCUT2D eigenvalue weighted by Crippen LogP contribution is 2.10. The Kier molecular flexibility index (Phi) is 5.30. The minimum atomic E-state index is -0.301. The van der Waals surface area contributed by atoms with Crippen molar-refractivity contribution in [3.05, 3.63) is 35.1 Å². The predicted molar refractivity (Wildman–Crippen MR) is 48.4 cm³/mol. The molecule has 1 aromatic rings. The molecule has 0 saturated heterocycles. The number of benzene rings is 1. The average molecular weight is 170 g/mol. The Labute approximate surface area is 72.9 Å². The minimum absolute atomic E-state index is 0.229. The van der Waals surface area contributed by atoms with Crippen molar-refractivity contribution in [2.24, 2.45) is 0 Å². The second-order valence-electron chi connectivity index (χ2n) is 2.21. The van der Waals surface area contributed by atoms with Crippen LogP contribution in [0.5, 0.6) is 0 Å². The SMILES string of the molecule is CC.Cc1cccc(CO)c1F. The Morgan fingerprint density at radius 1 is 1.33 bits per heavy atom. The molecule has 1 rings (SSSR count). The minimum Gasteiger partial charge on any atom is -0.392 e. The van der Waals surface area contributed by atoms with E-state index in [2.05, 4.69) is 0 Å². The number of aliphatic hydroxyl groups excluding tert-OH is 1. The van der Waals surface area contributed by atoms with E-state index in [-0.39, 0.29) is 12.4 Å². The predicted octanol–water partition coefficient (Wildman–Crippen LogP) is 2.65. The van der Waals surface area contributed by atoms with E-state index < -0.39 is 0 Å². The largest absolute Gasteiger partial charge is 0.392 e. The van der Waals surface area contributed by atoms with E-state index in [0.717, 1.165) is 0 Å². The van der Waals surface area contributed by atoms with Crippen molar-refractivity contribution in [1.82, 2.24) is 0 Å². The lowest BCUT2D eigenvalue weighted by Gasteiger charge is -1.99. The van der Waals surface area contributed by atoms with Crippen molar-refractivity contribution in [2.75, 3.05) is 0 Å². The van der Waals surface area contributed by atoms with Crippen LogP contribution < -0.4 is 0 Å². The molecule has 0 aliphatic carbocycles. The average Bonchev–Trinajstić information content (AvgIpc) is 2.13. The van der Waals surface area contributed by atoms with Crippen molar-refractivity contribution < 1.29 is 9.50 Å². The molecule has 0 bridgehead atoms. The van der Waals surface area contributed by atoms with E-state index in [0.29, 0.717) is 11.1 Å². The van der Waals surface area contributed by atoms with E-state index in [1.807, 2.05) is 13.8 Å². The number of hydrogen-bond donors (Lipinski definition) is 1. The molecule has 1 aromatic carbocycles. The zero-order valence-corrected chi connectivity index (χ0v) is 7.76. The van der Waals surface area contributed by atoms with Gasteiger partial charge in [0.2, 0.25) is 0 Å². The molecule has 0 aliphatic heterocycles. The van der Waals surface area contributed by atoms with Gasteiger partial charge in [-0.1, -0.05) is 32.0 Å². The van der Waals surface area contributed by atoms with Crippen LogP contribution in [-0.4, -0.2) is 5.11 Å². The maximum Gasteiger partial charge on any atom is 0.131 e. The summed E-state index contributed by atoms with van der Waals surface area (Å²) in [5.41, 5.74) is 0.937. The first-order valence-electron chi connectivity index (χ1n) is 4.10. The third-order valence-corrected chi connectivity index (χ3v) is 1.44. The van der Waals surface area contributed by atoms with Crippen LogP contribution in [-0.2, 0) is 6.61 Å². The van der Waals surface area contributed by atoms with Crippen LogP contribution >= 0.6 is 0 Å². The van der Waals surface area contributed by atoms with Crippen LogP contribution in [0.3, 0.4) is 0 Å². The molecule has 0 atom stereocenters. The summed E-state index contributed by atoms with van der Waals surface area (Å²) < 4.78 is 12.8. The van der Waals surface area contributed by atoms with E-state index in [1.165, 1.54) is 0 Å². The van der Waals surface area contributed by atoms with Gasteiger partial charge in [0, 0.05) is 5.56 Å². The lowest BCUT2D eigenvalue weighted by molar-refractivity contribution is 0.275. The standard InChI is InChI=1S/C8H9FO.C2H6/c1-6-3-2-4-7(5-10)8(6)9;1-2/h2-4,10H,5H2,1H3;1-2H3. The van der Waals surface area contributed by atoms with Gasteiger partial charge in [-0.2, -0.15) is 0 Å². The second-order valence-corrected chi connectivity index (χ2v) is 2.21. The van der Waals surface area contributed by atoms with E-state index in [1.54, 1.807) is 25.1 Å². The summed E-state index contributed by atoms with van der Waals surface area (Å²) in [6.45, 7) is 5.45. The van der Waals surface area contributed by atoms with Crippen LogP contribution in [0.25, 0.3) is 0 Å². The maximum atomic E-state index is 12.8. The third kappa shape index (κ3) is 2.62. The number of aliphatic hydroxyl groups is 1. The van der Waals surface area contributed by atoms with Gasteiger partial charge in [0.15, 0.2) is 0 Å². The molecule has 0 aliphatic rings. The first-order valence-corrected chi connectivity index (χ1v) is 4.10. The monoisotopic (exact) mass is 170 g/mol. The fraction of sp³-hybridized carbons (Fsp3) is 0.400. The second kappa shape index (κ2) is 5.72. The highest BCUT2D eigenvalue weighted by Gasteiger charge is 2.01. The van der Waals surface area contributed by atoms with Crippen molar-refractivity contribution in [2.45, 2.75) is 27.4 Å². The van der Waals surface area contributed by atoms with Gasteiger partial charge in [-0.25, -0.2) is 4.39 Å². The summed E-state index contributed by atoms with van der Waals surface area (Å²) >= 11 is 0. The molecule has 1 N–H and O–H groups in total. The highest BCUT2D eigenvalue weighted by atomic mass is 19.1. The van der Waals surface area contributed by atoms with Crippen molar-refractivity contribution in [1.29, 1.82) is 0 Å². The van der Waals surface area contributed by atoms with Crippen LogP contribution in [0, 0.1) is 12.7 Å². The topological polar surface area (TPSA) is 20.2 Å². The summed E-state index contributed by atoms with van der Waals surface area (Å²) in [7, 11) is 0. The molecular formula is C10H15FO. The number of aryl methyl sites for hydroxylation is 1. The van der Waals surface area contributed by atoms with E-state index in [4.69, 9.17) is 5.11 Å². The van der Waals surface area contributed by atoms with Crippen molar-refractivity contribution in [3.8, 4) is 0 Å². The highest BCUT2D eigenvalue weighted by molar-refractivity contribution is 5.23. The lowest BCUT2D eigenvalue weighted by atomic mass is 10.1. The van der Waals surface area contributed by atoms with Crippen LogP contribution in [0.2, 0.25) is 0 Å². The summed E-state index contributed by atoms with van der Waals surface area (Å²) in [6.07, 6.45) is 0. The Morgan fingerprint density at radius 2 is 1.92 bits per heavy atom. The normalized spacial score (nSPS) is 8.75. The smallest absolute Gasteiger partial charge is 0.131 e. The zero-order valence-electron chi connectivity index (χ0n) is 7.76. The summed E-state index contributed by atoms with van der Waals surface area (Å²) in [4.78, 5) is 0. The Morgan fingerprint density at radius 3 is 2.33 bits per heavy atom. The van der Waals surface area contributed by atoms with Gasteiger partial charge in [0.1, 0.15) is 5.82 Å². The molecule has 0 radical (unpaired) electrons. The molecule has 0 amide bonds. The lowest BCUT2D eigenvalue weighted by Crippen LogP contribution is -1.91. The molecule has 68 valence electrons. The quantitative estimate of drug-likeness (QED) is 0.687. The molecule has 1 nitrogen and oxygen atoms in total. The van der Waals surface area contributed by atoms with Crippen LogP contribution in [0.4, 0.5) is 4.39 Å². The van der Waals surface area contributed by atoms with Gasteiger partial charge in [-0.3, -0.25) is 0 Å². The number of hydrogen-bond acceptors (Lipinski definition) is 1. The zero-order chi connectivity index (χ0) is 9.56. The molecular weight excluding hydrogens is 155 g/mol. The molecule has 0 heterocycles. The Bertz CT molecular complexity index is 233. The fourth-order valence-corrected chi connectivity index (χ4v) is 0.830. The Hall–Kier alpha value is -0.890. The molecule has 0 aromatic heterocycles. The van der Waals surface area contributed by atoms with Crippen LogP contribution in [0.1, 0.15) is 25.0 Å². The summed E-state index contributed by atoms with van der Waals surface area (Å²) in [5.74, 6) is -0.301. The van der Waals surface area contributed by atoms with Gasteiger partial charge in [0.05, 0.1) is 6.61 Å². The van der Waals surface area contributed by atoms with Crippen LogP contribution in [0.15, 0.2) is 18.2 Å². The van der Waals surface area contributed by atoms with Gasteiger partial charge in [-0.15, -0.1) is 0 Å². The molecule has 0 spiro atoms. The van der Waals surface area contributed by atoms with Gasteiger partial charge in [0.25, 0.3) is 0 Å². The molecule has 0 saturated carbocycles. The van der Waals surface area contributed by atoms with Crippen molar-refractivity contribution >= 4 is 0 Å². The van der Waals surface area contributed by atoms with E-state index in [9.17, 15) is 4.39 Å². The Balaban J connectivity index is 0.000000561. The van der Waals surface area contributed by atoms with Gasteiger partial charge >= 0.3 is 0 Å². The third-order valence-electron chi connectivity index (χ3n) is 1.44. The van der Waals surface area contributed by atoms with Crippen molar-refractivity contribution in [3.63, 3.8) is 0 Å². The number of rotatable bonds is 1. The molecule has 12 heavy (non-hydrogen) atoms. The first kappa shape index (κ1) is 11.1. The van der Waals surface area contributed by atoms with Gasteiger partial charge < -0.3 is 5.11 Å². The molecule has 2 heteroatoms. The molecule has 0 fully saturated rings. The first-order chi connectivity index (χ1) is 5.75. The fourth-order valence-electron chi connectivity index (χ4n) is 0.830. The summed E-state index contributed by atoms with van der Waals surface area (Å²) in [6, 6.07) is 4.97. The molecule has 0 unspecified atom stereocenters. The van der Waals surface area contributed by atoms with Gasteiger partial charge in [-0.05, 0) is 12.5 Å². The maximum absolute atomic E-state index is 12.8. The van der Waals surface area contributed by atoms with E-state index >= 15 is 0 Å².